The van der Waals surface area contributed by atoms with Crippen molar-refractivity contribution in [3.63, 3.8) is 0 Å². The van der Waals surface area contributed by atoms with E-state index in [2.05, 4.69) is 5.32 Å². The minimum Gasteiger partial charge on any atom is -0.484 e. The van der Waals surface area contributed by atoms with Crippen molar-refractivity contribution in [1.29, 1.82) is 0 Å². The topological polar surface area (TPSA) is 71.8 Å². The molecule has 0 unspecified atom stereocenters. The van der Waals surface area contributed by atoms with E-state index in [0.29, 0.717) is 24.5 Å². The monoisotopic (exact) mass is 364 g/mol. The summed E-state index contributed by atoms with van der Waals surface area (Å²) in [6, 6.07) is 16.9. The van der Waals surface area contributed by atoms with Crippen molar-refractivity contribution < 1.29 is 18.7 Å². The molecule has 0 spiro atoms. The quantitative estimate of drug-likeness (QED) is 0.729. The van der Waals surface area contributed by atoms with Gasteiger partial charge in [-0.15, -0.1) is 0 Å². The van der Waals surface area contributed by atoms with Crippen LogP contribution >= 0.6 is 0 Å². The number of para-hydroxylation sites is 1. The highest BCUT2D eigenvalue weighted by Gasteiger charge is 2.21. The minimum atomic E-state index is -0.238. The van der Waals surface area contributed by atoms with Gasteiger partial charge in [-0.05, 0) is 30.7 Å². The molecule has 2 aromatic carbocycles. The smallest absolute Gasteiger partial charge is 0.258 e. The SMILES string of the molecule is O=C(COc1cccc(N2CCCC2=O)c1)NCc1cc2ccccc2o1. The second-order valence-electron chi connectivity index (χ2n) is 6.46. The van der Waals surface area contributed by atoms with Gasteiger partial charge in [0.05, 0.1) is 6.54 Å². The van der Waals surface area contributed by atoms with Gasteiger partial charge in [0.25, 0.3) is 5.91 Å². The predicted molar refractivity (Wildman–Crippen MR) is 102 cm³/mol. The molecule has 6 heteroatoms. The lowest BCUT2D eigenvalue weighted by Gasteiger charge is -2.16. The number of furan rings is 1. The van der Waals surface area contributed by atoms with Gasteiger partial charge in [-0.3, -0.25) is 9.59 Å². The molecule has 2 heterocycles. The molecule has 1 N–H and O–H groups in total. The fourth-order valence-electron chi connectivity index (χ4n) is 3.17. The van der Waals surface area contributed by atoms with Gasteiger partial charge >= 0.3 is 0 Å². The summed E-state index contributed by atoms with van der Waals surface area (Å²) in [6.45, 7) is 0.928. The molecule has 3 aromatic rings. The first kappa shape index (κ1) is 17.1. The highest BCUT2D eigenvalue weighted by molar-refractivity contribution is 5.95. The molecule has 1 aliphatic heterocycles. The molecule has 4 rings (SSSR count). The van der Waals surface area contributed by atoms with E-state index in [4.69, 9.17) is 9.15 Å². The summed E-state index contributed by atoms with van der Waals surface area (Å²) < 4.78 is 11.2. The van der Waals surface area contributed by atoms with Crippen molar-refractivity contribution in [3.8, 4) is 5.75 Å². The van der Waals surface area contributed by atoms with E-state index < -0.39 is 0 Å². The number of rotatable bonds is 6. The number of fused-ring (bicyclic) bond motifs is 1. The highest BCUT2D eigenvalue weighted by atomic mass is 16.5. The van der Waals surface area contributed by atoms with E-state index in [1.807, 2.05) is 42.5 Å². The van der Waals surface area contributed by atoms with Crippen LogP contribution in [0.25, 0.3) is 11.0 Å². The third kappa shape index (κ3) is 3.95. The lowest BCUT2D eigenvalue weighted by molar-refractivity contribution is -0.123. The van der Waals surface area contributed by atoms with E-state index in [-0.39, 0.29) is 18.4 Å². The first-order chi connectivity index (χ1) is 13.2. The molecule has 1 fully saturated rings. The summed E-state index contributed by atoms with van der Waals surface area (Å²) >= 11 is 0. The summed E-state index contributed by atoms with van der Waals surface area (Å²) in [6.07, 6.45) is 1.45. The standard InChI is InChI=1S/C21H20N2O4/c24-20(22-13-18-11-15-5-1-2-8-19(15)27-18)14-26-17-7-3-6-16(12-17)23-10-4-9-21(23)25/h1-3,5-8,11-12H,4,9-10,13-14H2,(H,22,24). The fourth-order valence-corrected chi connectivity index (χ4v) is 3.17. The molecule has 1 aliphatic rings. The predicted octanol–water partition coefficient (Wildman–Crippen LogP) is 3.25. The van der Waals surface area contributed by atoms with E-state index in [0.717, 1.165) is 29.6 Å². The number of anilines is 1. The molecule has 2 amide bonds. The Morgan fingerprint density at radius 3 is 2.85 bits per heavy atom. The number of nitrogens with one attached hydrogen (secondary N) is 1. The van der Waals surface area contributed by atoms with Crippen LogP contribution in [0.1, 0.15) is 18.6 Å². The van der Waals surface area contributed by atoms with E-state index >= 15 is 0 Å². The van der Waals surface area contributed by atoms with E-state index in [1.54, 1.807) is 17.0 Å². The number of carbonyl (C=O) groups excluding carboxylic acids is 2. The molecule has 0 radical (unpaired) electrons. The number of hydrogen-bond donors (Lipinski definition) is 1. The van der Waals surface area contributed by atoms with Gasteiger partial charge in [-0.25, -0.2) is 0 Å². The second-order valence-corrected chi connectivity index (χ2v) is 6.46. The van der Waals surface area contributed by atoms with Crippen LogP contribution in [0.15, 0.2) is 59.0 Å². The zero-order chi connectivity index (χ0) is 18.6. The molecule has 0 aliphatic carbocycles. The summed E-state index contributed by atoms with van der Waals surface area (Å²) in [5.41, 5.74) is 1.60. The summed E-state index contributed by atoms with van der Waals surface area (Å²) in [7, 11) is 0. The van der Waals surface area contributed by atoms with Gasteiger partial charge in [0.15, 0.2) is 6.61 Å². The number of nitrogens with zero attached hydrogens (tertiary/aromatic N) is 1. The molecule has 1 aromatic heterocycles. The molecule has 6 nitrogen and oxygen atoms in total. The van der Waals surface area contributed by atoms with Gasteiger partial charge in [-0.1, -0.05) is 24.3 Å². The Morgan fingerprint density at radius 2 is 2.04 bits per heavy atom. The summed E-state index contributed by atoms with van der Waals surface area (Å²) in [5.74, 6) is 1.14. The molecule has 1 saturated heterocycles. The molecular formula is C21H20N2O4. The van der Waals surface area contributed by atoms with Crippen molar-refractivity contribution in [2.24, 2.45) is 0 Å². The Bertz CT molecular complexity index is 946. The van der Waals surface area contributed by atoms with Crippen molar-refractivity contribution in [3.05, 3.63) is 60.4 Å². The maximum atomic E-state index is 12.1. The van der Waals surface area contributed by atoms with Gasteiger partial charge < -0.3 is 19.4 Å². The molecule has 138 valence electrons. The zero-order valence-corrected chi connectivity index (χ0v) is 14.8. The van der Waals surface area contributed by atoms with Crippen LogP contribution in [0.3, 0.4) is 0 Å². The number of ether oxygens (including phenoxy) is 1. The Labute approximate surface area is 156 Å². The normalized spacial score (nSPS) is 13.9. The molecule has 27 heavy (non-hydrogen) atoms. The van der Waals surface area contributed by atoms with Gasteiger partial charge in [0.1, 0.15) is 17.1 Å². The average Bonchev–Trinajstić information content (AvgIpc) is 3.30. The number of benzene rings is 2. The Balaban J connectivity index is 1.30. The molecule has 0 atom stereocenters. The van der Waals surface area contributed by atoms with Crippen molar-refractivity contribution >= 4 is 28.5 Å². The maximum Gasteiger partial charge on any atom is 0.258 e. The summed E-state index contributed by atoms with van der Waals surface area (Å²) in [4.78, 5) is 25.6. The third-order valence-corrected chi connectivity index (χ3v) is 4.51. The second kappa shape index (κ2) is 7.53. The summed E-state index contributed by atoms with van der Waals surface area (Å²) in [5, 5.41) is 3.79. The minimum absolute atomic E-state index is 0.0996. The number of amides is 2. The Kier molecular flexibility index (Phi) is 4.78. The molecule has 0 saturated carbocycles. The number of carbonyl (C=O) groups is 2. The van der Waals surface area contributed by atoms with Crippen LogP contribution in [-0.4, -0.2) is 25.0 Å². The maximum absolute atomic E-state index is 12.1. The van der Waals surface area contributed by atoms with Gasteiger partial charge in [0, 0.05) is 30.1 Å². The first-order valence-electron chi connectivity index (χ1n) is 8.96. The Morgan fingerprint density at radius 1 is 1.15 bits per heavy atom. The van der Waals surface area contributed by atoms with Crippen LogP contribution in [0.2, 0.25) is 0 Å². The highest BCUT2D eigenvalue weighted by Crippen LogP contribution is 2.25. The largest absolute Gasteiger partial charge is 0.484 e. The van der Waals surface area contributed by atoms with E-state index in [9.17, 15) is 9.59 Å². The van der Waals surface area contributed by atoms with Crippen LogP contribution < -0.4 is 15.0 Å². The van der Waals surface area contributed by atoms with Crippen molar-refractivity contribution in [1.82, 2.24) is 5.32 Å². The number of hydrogen-bond acceptors (Lipinski definition) is 4. The molecule has 0 bridgehead atoms. The van der Waals surface area contributed by atoms with Gasteiger partial charge in [0.2, 0.25) is 5.91 Å². The Hall–Kier alpha value is -3.28. The fraction of sp³-hybridized carbons (Fsp3) is 0.238. The van der Waals surface area contributed by atoms with Crippen LogP contribution in [0.5, 0.6) is 5.75 Å². The lowest BCUT2D eigenvalue weighted by Crippen LogP contribution is -2.28. The van der Waals surface area contributed by atoms with Crippen LogP contribution in [0.4, 0.5) is 5.69 Å². The van der Waals surface area contributed by atoms with Crippen molar-refractivity contribution in [2.45, 2.75) is 19.4 Å². The third-order valence-electron chi connectivity index (χ3n) is 4.51. The van der Waals surface area contributed by atoms with Gasteiger partial charge in [-0.2, -0.15) is 0 Å². The van der Waals surface area contributed by atoms with Crippen molar-refractivity contribution in [2.75, 3.05) is 18.1 Å². The molecular weight excluding hydrogens is 344 g/mol. The van der Waals surface area contributed by atoms with Crippen LogP contribution in [-0.2, 0) is 16.1 Å². The lowest BCUT2D eigenvalue weighted by atomic mass is 10.2. The average molecular weight is 364 g/mol. The zero-order valence-electron chi connectivity index (χ0n) is 14.8. The van der Waals surface area contributed by atoms with E-state index in [1.165, 1.54) is 0 Å². The first-order valence-corrected chi connectivity index (χ1v) is 8.96. The van der Waals surface area contributed by atoms with Crippen LogP contribution in [0, 0.1) is 0 Å².